The number of hydrogen-bond acceptors (Lipinski definition) is 2. The number of rotatable bonds is 3. The SMILES string of the molecule is CCC1CCC(N(C)c2ccccc2N)CC1. The summed E-state index contributed by atoms with van der Waals surface area (Å²) in [4.78, 5) is 2.38. The molecule has 0 radical (unpaired) electrons. The van der Waals surface area contributed by atoms with Gasteiger partial charge < -0.3 is 10.6 Å². The van der Waals surface area contributed by atoms with Crippen LogP contribution in [0, 0.1) is 5.92 Å². The summed E-state index contributed by atoms with van der Waals surface area (Å²) in [6.45, 7) is 2.31. The normalized spacial score (nSPS) is 24.6. The summed E-state index contributed by atoms with van der Waals surface area (Å²) in [6.07, 6.45) is 6.70. The third-order valence-electron chi connectivity index (χ3n) is 4.26. The van der Waals surface area contributed by atoms with E-state index >= 15 is 0 Å². The highest BCUT2D eigenvalue weighted by molar-refractivity contribution is 5.67. The smallest absolute Gasteiger partial charge is 0.0599 e. The Hall–Kier alpha value is -1.18. The summed E-state index contributed by atoms with van der Waals surface area (Å²) in [5.74, 6) is 0.952. The van der Waals surface area contributed by atoms with E-state index in [4.69, 9.17) is 5.73 Å². The maximum Gasteiger partial charge on any atom is 0.0599 e. The largest absolute Gasteiger partial charge is 0.397 e. The number of hydrogen-bond donors (Lipinski definition) is 1. The average molecular weight is 232 g/mol. The number of anilines is 2. The van der Waals surface area contributed by atoms with Crippen LogP contribution in [0.25, 0.3) is 0 Å². The minimum absolute atomic E-state index is 0.669. The van der Waals surface area contributed by atoms with E-state index in [1.54, 1.807) is 0 Å². The molecule has 2 N–H and O–H groups in total. The Labute approximate surface area is 105 Å². The first-order chi connectivity index (χ1) is 8.22. The molecule has 1 aliphatic rings. The van der Waals surface area contributed by atoms with Gasteiger partial charge in [0.05, 0.1) is 11.4 Å². The summed E-state index contributed by atoms with van der Waals surface area (Å²) in [7, 11) is 2.18. The van der Waals surface area contributed by atoms with Crippen LogP contribution in [0.5, 0.6) is 0 Å². The molecule has 0 saturated heterocycles. The van der Waals surface area contributed by atoms with E-state index in [1.807, 2.05) is 12.1 Å². The lowest BCUT2D eigenvalue weighted by Gasteiger charge is -2.36. The molecule has 2 heteroatoms. The lowest BCUT2D eigenvalue weighted by atomic mass is 9.84. The molecule has 0 spiro atoms. The van der Waals surface area contributed by atoms with Crippen molar-refractivity contribution in [3.05, 3.63) is 24.3 Å². The zero-order chi connectivity index (χ0) is 12.3. The first kappa shape index (κ1) is 12.3. The van der Waals surface area contributed by atoms with E-state index in [2.05, 4.69) is 31.0 Å². The zero-order valence-corrected chi connectivity index (χ0v) is 11.0. The number of benzene rings is 1. The summed E-state index contributed by atoms with van der Waals surface area (Å²) < 4.78 is 0. The number of para-hydroxylation sites is 2. The van der Waals surface area contributed by atoms with Gasteiger partial charge in [0.25, 0.3) is 0 Å². The van der Waals surface area contributed by atoms with Gasteiger partial charge in [0, 0.05) is 13.1 Å². The molecule has 0 bridgehead atoms. The monoisotopic (exact) mass is 232 g/mol. The molecule has 17 heavy (non-hydrogen) atoms. The van der Waals surface area contributed by atoms with Crippen molar-refractivity contribution in [3.63, 3.8) is 0 Å². The lowest BCUT2D eigenvalue weighted by molar-refractivity contribution is 0.313. The molecule has 0 aromatic heterocycles. The van der Waals surface area contributed by atoms with Gasteiger partial charge in [-0.3, -0.25) is 0 Å². The van der Waals surface area contributed by atoms with E-state index < -0.39 is 0 Å². The number of nitrogen functional groups attached to an aromatic ring is 1. The highest BCUT2D eigenvalue weighted by atomic mass is 15.1. The van der Waals surface area contributed by atoms with Gasteiger partial charge in [-0.1, -0.05) is 25.5 Å². The summed E-state index contributed by atoms with van der Waals surface area (Å²) in [5.41, 5.74) is 8.12. The quantitative estimate of drug-likeness (QED) is 0.806. The van der Waals surface area contributed by atoms with Crippen molar-refractivity contribution in [2.45, 2.75) is 45.1 Å². The van der Waals surface area contributed by atoms with Crippen LogP contribution >= 0.6 is 0 Å². The summed E-state index contributed by atoms with van der Waals surface area (Å²) in [5, 5.41) is 0. The van der Waals surface area contributed by atoms with Crippen molar-refractivity contribution in [3.8, 4) is 0 Å². The van der Waals surface area contributed by atoms with Gasteiger partial charge in [-0.05, 0) is 43.7 Å². The molecule has 1 aromatic rings. The van der Waals surface area contributed by atoms with Gasteiger partial charge in [-0.25, -0.2) is 0 Å². The van der Waals surface area contributed by atoms with Crippen molar-refractivity contribution in [1.82, 2.24) is 0 Å². The Morgan fingerprint density at radius 3 is 2.41 bits per heavy atom. The predicted octanol–water partition coefficient (Wildman–Crippen LogP) is 3.67. The fourth-order valence-electron chi connectivity index (χ4n) is 2.95. The van der Waals surface area contributed by atoms with Crippen LogP contribution < -0.4 is 10.6 Å². The van der Waals surface area contributed by atoms with Crippen LogP contribution in [-0.4, -0.2) is 13.1 Å². The van der Waals surface area contributed by atoms with Gasteiger partial charge in [-0.2, -0.15) is 0 Å². The Morgan fingerprint density at radius 2 is 1.82 bits per heavy atom. The Kier molecular flexibility index (Phi) is 3.93. The Bertz CT molecular complexity index is 354. The molecule has 0 atom stereocenters. The maximum atomic E-state index is 6.04. The van der Waals surface area contributed by atoms with Crippen LogP contribution in [-0.2, 0) is 0 Å². The first-order valence-electron chi connectivity index (χ1n) is 6.79. The third kappa shape index (κ3) is 2.74. The van der Waals surface area contributed by atoms with Crippen LogP contribution in [0.15, 0.2) is 24.3 Å². The molecule has 1 aromatic carbocycles. The Morgan fingerprint density at radius 1 is 1.18 bits per heavy atom. The average Bonchev–Trinajstić information content (AvgIpc) is 2.39. The molecule has 1 fully saturated rings. The molecular weight excluding hydrogens is 208 g/mol. The molecule has 0 aliphatic heterocycles. The van der Waals surface area contributed by atoms with E-state index in [0.717, 1.165) is 11.6 Å². The van der Waals surface area contributed by atoms with Gasteiger partial charge in [-0.15, -0.1) is 0 Å². The maximum absolute atomic E-state index is 6.04. The molecule has 2 nitrogen and oxygen atoms in total. The van der Waals surface area contributed by atoms with E-state index in [9.17, 15) is 0 Å². The number of nitrogens with two attached hydrogens (primary N) is 1. The zero-order valence-electron chi connectivity index (χ0n) is 11.0. The second-order valence-electron chi connectivity index (χ2n) is 5.25. The number of nitrogens with zero attached hydrogens (tertiary/aromatic N) is 1. The molecule has 1 saturated carbocycles. The molecule has 1 aliphatic carbocycles. The molecule has 2 rings (SSSR count). The second-order valence-corrected chi connectivity index (χ2v) is 5.25. The van der Waals surface area contributed by atoms with Crippen molar-refractivity contribution in [2.75, 3.05) is 17.7 Å². The highest BCUT2D eigenvalue weighted by Gasteiger charge is 2.23. The molecule has 94 valence electrons. The van der Waals surface area contributed by atoms with Gasteiger partial charge >= 0.3 is 0 Å². The van der Waals surface area contributed by atoms with E-state index in [0.29, 0.717) is 6.04 Å². The van der Waals surface area contributed by atoms with Gasteiger partial charge in [0.2, 0.25) is 0 Å². The van der Waals surface area contributed by atoms with Crippen molar-refractivity contribution in [2.24, 2.45) is 5.92 Å². The highest BCUT2D eigenvalue weighted by Crippen LogP contribution is 2.32. The van der Waals surface area contributed by atoms with E-state index in [1.165, 1.54) is 37.8 Å². The molecular formula is C15H24N2. The third-order valence-corrected chi connectivity index (χ3v) is 4.26. The van der Waals surface area contributed by atoms with E-state index in [-0.39, 0.29) is 0 Å². The van der Waals surface area contributed by atoms with Crippen molar-refractivity contribution in [1.29, 1.82) is 0 Å². The fraction of sp³-hybridized carbons (Fsp3) is 0.600. The standard InChI is InChI=1S/C15H24N2/c1-3-12-8-10-13(11-9-12)17(2)15-7-5-4-6-14(15)16/h4-7,12-13H,3,8-11,16H2,1-2H3. The Balaban J connectivity index is 2.02. The van der Waals surface area contributed by atoms with Gasteiger partial charge in [0.1, 0.15) is 0 Å². The van der Waals surface area contributed by atoms with Crippen LogP contribution in [0.4, 0.5) is 11.4 Å². The van der Waals surface area contributed by atoms with Crippen LogP contribution in [0.3, 0.4) is 0 Å². The second kappa shape index (κ2) is 5.44. The fourth-order valence-corrected chi connectivity index (χ4v) is 2.95. The summed E-state index contributed by atoms with van der Waals surface area (Å²) in [6, 6.07) is 8.85. The summed E-state index contributed by atoms with van der Waals surface area (Å²) >= 11 is 0. The van der Waals surface area contributed by atoms with Gasteiger partial charge in [0.15, 0.2) is 0 Å². The van der Waals surface area contributed by atoms with Crippen molar-refractivity contribution < 1.29 is 0 Å². The lowest BCUT2D eigenvalue weighted by Crippen LogP contribution is -2.35. The minimum Gasteiger partial charge on any atom is -0.397 e. The van der Waals surface area contributed by atoms with Crippen LogP contribution in [0.1, 0.15) is 39.0 Å². The minimum atomic E-state index is 0.669. The molecule has 0 heterocycles. The first-order valence-corrected chi connectivity index (χ1v) is 6.79. The predicted molar refractivity (Wildman–Crippen MR) is 75.3 cm³/mol. The van der Waals surface area contributed by atoms with Crippen molar-refractivity contribution >= 4 is 11.4 Å². The molecule has 0 amide bonds. The topological polar surface area (TPSA) is 29.3 Å². The van der Waals surface area contributed by atoms with Crippen LogP contribution in [0.2, 0.25) is 0 Å². The molecule has 0 unspecified atom stereocenters.